The van der Waals surface area contributed by atoms with E-state index in [1.165, 1.54) is 23.1 Å². The maximum atomic E-state index is 5.78. The fraction of sp³-hybridized carbons (Fsp3) is 0.483. The van der Waals surface area contributed by atoms with Gasteiger partial charge in [0.1, 0.15) is 5.75 Å². The lowest BCUT2D eigenvalue weighted by atomic mass is 9.73. The lowest BCUT2D eigenvalue weighted by molar-refractivity contribution is 0.247. The van der Waals surface area contributed by atoms with Crippen molar-refractivity contribution in [3.63, 3.8) is 0 Å². The minimum Gasteiger partial charge on any atom is -0.497 e. The third-order valence-electron chi connectivity index (χ3n) is 7.74. The molecule has 0 spiro atoms. The number of rotatable bonds is 8. The van der Waals surface area contributed by atoms with E-state index in [0.717, 1.165) is 36.2 Å². The van der Waals surface area contributed by atoms with Gasteiger partial charge in [-0.3, -0.25) is 0 Å². The molecule has 3 nitrogen and oxygen atoms in total. The molecule has 1 saturated carbocycles. The largest absolute Gasteiger partial charge is 0.497 e. The molecule has 4 heteroatoms. The van der Waals surface area contributed by atoms with Gasteiger partial charge in [-0.2, -0.15) is 0 Å². The van der Waals surface area contributed by atoms with Gasteiger partial charge in [-0.15, -0.1) is 0 Å². The summed E-state index contributed by atoms with van der Waals surface area (Å²) in [5, 5.41) is 7.88. The summed E-state index contributed by atoms with van der Waals surface area (Å²) < 4.78 is 5.49. The van der Waals surface area contributed by atoms with Gasteiger partial charge >= 0.3 is 0 Å². The van der Waals surface area contributed by atoms with Gasteiger partial charge in [0.25, 0.3) is 0 Å². The average Bonchev–Trinajstić information content (AvgIpc) is 3.56. The summed E-state index contributed by atoms with van der Waals surface area (Å²) in [6.07, 6.45) is 8.11. The number of benzene rings is 2. The molecule has 0 bridgehead atoms. The van der Waals surface area contributed by atoms with Crippen LogP contribution in [-0.4, -0.2) is 18.8 Å². The number of ether oxygens (including phenoxy) is 1. The molecule has 0 heterocycles. The van der Waals surface area contributed by atoms with Crippen LogP contribution in [0.4, 0.5) is 0 Å². The van der Waals surface area contributed by atoms with Gasteiger partial charge < -0.3 is 15.4 Å². The highest BCUT2D eigenvalue weighted by atomic mass is 32.1. The van der Waals surface area contributed by atoms with E-state index in [1.807, 2.05) is 0 Å². The van der Waals surface area contributed by atoms with Crippen molar-refractivity contribution in [1.82, 2.24) is 10.6 Å². The van der Waals surface area contributed by atoms with E-state index < -0.39 is 0 Å². The first-order valence-electron chi connectivity index (χ1n) is 12.4. The van der Waals surface area contributed by atoms with Gasteiger partial charge in [0.05, 0.1) is 13.2 Å². The van der Waals surface area contributed by atoms with Crippen molar-refractivity contribution in [2.45, 2.75) is 52.0 Å². The third-order valence-corrected chi connectivity index (χ3v) is 8.00. The molecule has 1 fully saturated rings. The Labute approximate surface area is 205 Å². The maximum Gasteiger partial charge on any atom is 0.166 e. The van der Waals surface area contributed by atoms with Gasteiger partial charge in [0.15, 0.2) is 5.11 Å². The van der Waals surface area contributed by atoms with E-state index in [1.54, 1.807) is 7.11 Å². The number of hydrogen-bond donors (Lipinski definition) is 2. The van der Waals surface area contributed by atoms with E-state index in [9.17, 15) is 0 Å². The fourth-order valence-corrected chi connectivity index (χ4v) is 5.47. The quantitative estimate of drug-likeness (QED) is 0.351. The lowest BCUT2D eigenvalue weighted by Gasteiger charge is -2.37. The minimum absolute atomic E-state index is 0.167. The second-order valence-electron chi connectivity index (χ2n) is 10.0. The monoisotopic (exact) mass is 462 g/mol. The standard InChI is InChI=1S/C29H38N2OS/c1-19-9-8-12-25(21(19)3)28(22-10-6-5-7-11-22)31-29(33)30-16-15-23-18-24(32-4)13-14-26(23)27-17-20(27)2/h5-8,10-14,18-21,25,27-28H,9,15-17H2,1-4H3,(H2,30,31,33). The Morgan fingerprint density at radius 2 is 1.85 bits per heavy atom. The van der Waals surface area contributed by atoms with Gasteiger partial charge in [0, 0.05) is 12.5 Å². The molecular weight excluding hydrogens is 424 g/mol. The molecule has 0 saturated heterocycles. The summed E-state index contributed by atoms with van der Waals surface area (Å²) in [7, 11) is 1.74. The molecule has 2 N–H and O–H groups in total. The molecule has 0 amide bonds. The van der Waals surface area contributed by atoms with Crippen molar-refractivity contribution in [3.05, 3.63) is 77.4 Å². The van der Waals surface area contributed by atoms with E-state index in [-0.39, 0.29) is 6.04 Å². The molecule has 4 rings (SSSR count). The van der Waals surface area contributed by atoms with Crippen LogP contribution in [0.3, 0.4) is 0 Å². The smallest absolute Gasteiger partial charge is 0.166 e. The molecule has 0 radical (unpaired) electrons. The van der Waals surface area contributed by atoms with Crippen molar-refractivity contribution >= 4 is 17.3 Å². The number of hydrogen-bond acceptors (Lipinski definition) is 2. The molecule has 33 heavy (non-hydrogen) atoms. The van der Waals surface area contributed by atoms with Crippen LogP contribution in [-0.2, 0) is 6.42 Å². The summed E-state index contributed by atoms with van der Waals surface area (Å²) >= 11 is 5.78. The summed E-state index contributed by atoms with van der Waals surface area (Å²) in [6.45, 7) is 7.87. The number of nitrogens with one attached hydrogen (secondary N) is 2. The van der Waals surface area contributed by atoms with Crippen LogP contribution in [0.2, 0.25) is 0 Å². The fourth-order valence-electron chi connectivity index (χ4n) is 5.24. The summed E-state index contributed by atoms with van der Waals surface area (Å²) in [6, 6.07) is 17.4. The van der Waals surface area contributed by atoms with Crippen LogP contribution in [0.5, 0.6) is 5.75 Å². The lowest BCUT2D eigenvalue weighted by Crippen LogP contribution is -2.43. The number of allylic oxidation sites excluding steroid dienone is 1. The molecule has 0 aliphatic heterocycles. The minimum atomic E-state index is 0.167. The number of methoxy groups -OCH3 is 1. The van der Waals surface area contributed by atoms with Crippen molar-refractivity contribution < 1.29 is 4.74 Å². The van der Waals surface area contributed by atoms with Crippen LogP contribution in [0.1, 0.15) is 62.3 Å². The van der Waals surface area contributed by atoms with Crippen molar-refractivity contribution in [3.8, 4) is 5.75 Å². The second-order valence-corrected chi connectivity index (χ2v) is 10.4. The Balaban J connectivity index is 1.41. The van der Waals surface area contributed by atoms with Gasteiger partial charge in [-0.25, -0.2) is 0 Å². The van der Waals surface area contributed by atoms with Crippen LogP contribution in [0.15, 0.2) is 60.7 Å². The normalized spacial score (nSPS) is 27.0. The van der Waals surface area contributed by atoms with Gasteiger partial charge in [-0.1, -0.05) is 69.3 Å². The van der Waals surface area contributed by atoms with E-state index in [0.29, 0.717) is 23.7 Å². The molecule has 2 aliphatic rings. The molecule has 176 valence electrons. The van der Waals surface area contributed by atoms with Crippen LogP contribution in [0.25, 0.3) is 0 Å². The highest BCUT2D eigenvalue weighted by Crippen LogP contribution is 2.48. The predicted molar refractivity (Wildman–Crippen MR) is 142 cm³/mol. The zero-order chi connectivity index (χ0) is 23.4. The van der Waals surface area contributed by atoms with Gasteiger partial charge in [-0.05, 0) is 84.0 Å². The Hall–Kier alpha value is -2.33. The van der Waals surface area contributed by atoms with Crippen molar-refractivity contribution in [2.75, 3.05) is 13.7 Å². The van der Waals surface area contributed by atoms with Crippen LogP contribution < -0.4 is 15.4 Å². The molecule has 2 aromatic rings. The van der Waals surface area contributed by atoms with Gasteiger partial charge in [0.2, 0.25) is 0 Å². The van der Waals surface area contributed by atoms with Crippen molar-refractivity contribution in [2.24, 2.45) is 23.7 Å². The Morgan fingerprint density at radius 3 is 2.55 bits per heavy atom. The predicted octanol–water partition coefficient (Wildman–Crippen LogP) is 6.41. The first-order valence-corrected chi connectivity index (χ1v) is 12.8. The number of thiocarbonyl (C=S) groups is 1. The first kappa shape index (κ1) is 23.8. The van der Waals surface area contributed by atoms with E-state index in [2.05, 4.69) is 92.1 Å². The van der Waals surface area contributed by atoms with Crippen LogP contribution >= 0.6 is 12.2 Å². The summed E-state index contributed by atoms with van der Waals surface area (Å²) in [4.78, 5) is 0. The SMILES string of the molecule is COc1ccc(C2CC2C)c(CCNC(=S)NC(c2ccccc2)C2C=CCC(C)C2C)c1. The third kappa shape index (κ3) is 5.78. The Kier molecular flexibility index (Phi) is 7.75. The second kappa shape index (κ2) is 10.7. The Bertz CT molecular complexity index is 973. The van der Waals surface area contributed by atoms with E-state index in [4.69, 9.17) is 17.0 Å². The maximum absolute atomic E-state index is 5.78. The zero-order valence-corrected chi connectivity index (χ0v) is 21.2. The average molecular weight is 463 g/mol. The Morgan fingerprint density at radius 1 is 1.09 bits per heavy atom. The molecule has 6 unspecified atom stereocenters. The molecule has 2 aliphatic carbocycles. The molecular formula is C29H38N2OS. The zero-order valence-electron chi connectivity index (χ0n) is 20.4. The topological polar surface area (TPSA) is 33.3 Å². The van der Waals surface area contributed by atoms with Crippen LogP contribution in [0, 0.1) is 23.7 Å². The van der Waals surface area contributed by atoms with E-state index >= 15 is 0 Å². The molecule has 6 atom stereocenters. The summed E-state index contributed by atoms with van der Waals surface area (Å²) in [5.74, 6) is 4.09. The highest BCUT2D eigenvalue weighted by Gasteiger charge is 2.35. The highest BCUT2D eigenvalue weighted by molar-refractivity contribution is 7.80. The molecule has 0 aromatic heterocycles. The molecule has 2 aromatic carbocycles. The van der Waals surface area contributed by atoms with Crippen molar-refractivity contribution in [1.29, 1.82) is 0 Å². The first-order chi connectivity index (χ1) is 16.0. The summed E-state index contributed by atoms with van der Waals surface area (Å²) in [5.41, 5.74) is 4.13.